The number of nitrogens with zero attached hydrogens (tertiary/aromatic N) is 1. The lowest BCUT2D eigenvalue weighted by Gasteiger charge is -1.88. The number of aliphatic imine (C=N–C) groups is 1. The first-order chi connectivity index (χ1) is 5.33. The van der Waals surface area contributed by atoms with E-state index < -0.39 is 0 Å². The summed E-state index contributed by atoms with van der Waals surface area (Å²) in [7, 11) is 0. The molecule has 0 aliphatic carbocycles. The van der Waals surface area contributed by atoms with Crippen LogP contribution in [0.5, 0.6) is 0 Å². The summed E-state index contributed by atoms with van der Waals surface area (Å²) in [4.78, 5) is 3.87. The zero-order chi connectivity index (χ0) is 8.10. The van der Waals surface area contributed by atoms with Crippen molar-refractivity contribution in [1.82, 2.24) is 0 Å². The number of hydrogen-bond donors (Lipinski definition) is 0. The molecule has 0 aromatic heterocycles. The lowest BCUT2D eigenvalue weighted by atomic mass is 10.3. The second kappa shape index (κ2) is 4.31. The molecule has 1 aromatic carbocycles. The average molecular weight is 231 g/mol. The molecular weight excluding hydrogens is 226 g/mol. The van der Waals surface area contributed by atoms with Gasteiger partial charge in [-0.3, -0.25) is 0 Å². The molecule has 0 amide bonds. The van der Waals surface area contributed by atoms with Crippen LogP contribution in [-0.2, 0) is 15.9 Å². The minimum atomic E-state index is 0.347. The Morgan fingerprint density at radius 1 is 1.36 bits per heavy atom. The molecule has 0 saturated heterocycles. The maximum Gasteiger partial charge on any atom is 0.518 e. The highest BCUT2D eigenvalue weighted by Crippen LogP contribution is 2.15. The van der Waals surface area contributed by atoms with Gasteiger partial charge in [-0.05, 0) is 24.3 Å². The molecule has 0 heterocycles. The minimum Gasteiger partial charge on any atom is -0.197 e. The number of halogens is 1. The first kappa shape index (κ1) is 8.49. The molecule has 0 N–H and O–H groups in total. The van der Waals surface area contributed by atoms with Crippen LogP contribution in [0.3, 0.4) is 0 Å². The normalized spacial score (nSPS) is 10.3. The molecule has 0 fully saturated rings. The van der Waals surface area contributed by atoms with Gasteiger partial charge in [0, 0.05) is 8.68 Å². The van der Waals surface area contributed by atoms with Crippen molar-refractivity contribution >= 4 is 38.8 Å². The summed E-state index contributed by atoms with van der Waals surface area (Å²) in [5.74, 6) is 0. The standard InChI is InChI=1S/C7H5BrNOS/c8-6-1-3-7(4-2-6)9-5-11-10/h1-5H/q+1/b9-5+. The summed E-state index contributed by atoms with van der Waals surface area (Å²) in [6.07, 6.45) is 0. The van der Waals surface area contributed by atoms with Crippen molar-refractivity contribution in [1.29, 1.82) is 0 Å². The van der Waals surface area contributed by atoms with Gasteiger partial charge in [0.15, 0.2) is 0 Å². The van der Waals surface area contributed by atoms with Gasteiger partial charge in [-0.1, -0.05) is 15.9 Å². The molecule has 11 heavy (non-hydrogen) atoms. The Bertz CT molecular complexity index is 270. The molecule has 2 nitrogen and oxygen atoms in total. The van der Waals surface area contributed by atoms with Crippen molar-refractivity contribution in [2.24, 2.45) is 4.99 Å². The van der Waals surface area contributed by atoms with E-state index in [4.69, 9.17) is 0 Å². The van der Waals surface area contributed by atoms with Gasteiger partial charge in [0.2, 0.25) is 0 Å². The SMILES string of the molecule is O=[S+]/C=N/c1ccc(Br)cc1. The second-order valence-corrected chi connectivity index (χ2v) is 3.13. The molecule has 0 atom stereocenters. The van der Waals surface area contributed by atoms with E-state index in [2.05, 4.69) is 20.9 Å². The highest BCUT2D eigenvalue weighted by molar-refractivity contribution is 9.10. The molecule has 0 spiro atoms. The first-order valence-electron chi connectivity index (χ1n) is 2.89. The van der Waals surface area contributed by atoms with Crippen LogP contribution in [0.4, 0.5) is 5.69 Å². The summed E-state index contributed by atoms with van der Waals surface area (Å²) < 4.78 is 10.9. The summed E-state index contributed by atoms with van der Waals surface area (Å²) in [5, 5.41) is 0. The van der Waals surface area contributed by atoms with Crippen molar-refractivity contribution in [3.05, 3.63) is 28.7 Å². The molecular formula is C7H5BrNOS+. The van der Waals surface area contributed by atoms with Crippen molar-refractivity contribution < 1.29 is 4.21 Å². The average Bonchev–Trinajstić information content (AvgIpc) is 2.04. The Labute approximate surface area is 77.0 Å². The van der Waals surface area contributed by atoms with Gasteiger partial charge in [-0.15, -0.1) is 0 Å². The fraction of sp³-hybridized carbons (Fsp3) is 0. The number of hydrogen-bond acceptors (Lipinski definition) is 2. The third-order valence-electron chi connectivity index (χ3n) is 1.07. The predicted octanol–water partition coefficient (Wildman–Crippen LogP) is 2.54. The molecule has 0 unspecified atom stereocenters. The molecule has 0 radical (unpaired) electrons. The predicted molar refractivity (Wildman–Crippen MR) is 50.3 cm³/mol. The van der Waals surface area contributed by atoms with E-state index in [-0.39, 0.29) is 0 Å². The lowest BCUT2D eigenvalue weighted by Crippen LogP contribution is -1.67. The van der Waals surface area contributed by atoms with Crippen molar-refractivity contribution in [3.8, 4) is 0 Å². The van der Waals surface area contributed by atoms with Gasteiger partial charge < -0.3 is 0 Å². The molecule has 0 bridgehead atoms. The van der Waals surface area contributed by atoms with Crippen LogP contribution < -0.4 is 0 Å². The zero-order valence-electron chi connectivity index (χ0n) is 5.53. The maximum atomic E-state index is 9.93. The molecule has 0 aliphatic heterocycles. The molecule has 1 aromatic rings. The highest BCUT2D eigenvalue weighted by Gasteiger charge is 1.90. The largest absolute Gasteiger partial charge is 0.518 e. The van der Waals surface area contributed by atoms with Crippen LogP contribution in [0.15, 0.2) is 33.7 Å². The highest BCUT2D eigenvalue weighted by atomic mass is 79.9. The quantitative estimate of drug-likeness (QED) is 0.437. The topological polar surface area (TPSA) is 29.4 Å². The minimum absolute atomic E-state index is 0.347. The summed E-state index contributed by atoms with van der Waals surface area (Å²) >= 11 is 3.64. The van der Waals surface area contributed by atoms with Crippen LogP contribution in [0.1, 0.15) is 0 Å². The molecule has 56 valence electrons. The van der Waals surface area contributed by atoms with E-state index in [0.717, 1.165) is 10.2 Å². The van der Waals surface area contributed by atoms with Crippen molar-refractivity contribution in [3.63, 3.8) is 0 Å². The summed E-state index contributed by atoms with van der Waals surface area (Å²) in [5.41, 5.74) is 2.06. The summed E-state index contributed by atoms with van der Waals surface area (Å²) in [6, 6.07) is 7.41. The van der Waals surface area contributed by atoms with Gasteiger partial charge in [0.25, 0.3) is 0 Å². The molecule has 4 heteroatoms. The Kier molecular flexibility index (Phi) is 3.32. The zero-order valence-corrected chi connectivity index (χ0v) is 7.93. The number of rotatable bonds is 2. The third-order valence-corrected chi connectivity index (χ3v) is 1.79. The third kappa shape index (κ3) is 2.86. The van der Waals surface area contributed by atoms with Crippen LogP contribution in [0.25, 0.3) is 0 Å². The van der Waals surface area contributed by atoms with Crippen molar-refractivity contribution in [2.45, 2.75) is 0 Å². The van der Waals surface area contributed by atoms with Gasteiger partial charge in [0.1, 0.15) is 0 Å². The first-order valence-corrected chi connectivity index (χ1v) is 4.49. The van der Waals surface area contributed by atoms with Gasteiger partial charge >= 0.3 is 17.2 Å². The Balaban J connectivity index is 2.81. The van der Waals surface area contributed by atoms with E-state index in [9.17, 15) is 4.21 Å². The van der Waals surface area contributed by atoms with Crippen LogP contribution in [-0.4, -0.2) is 5.55 Å². The lowest BCUT2D eigenvalue weighted by molar-refractivity contribution is 0.610. The molecule has 0 saturated carbocycles. The van der Waals surface area contributed by atoms with E-state index in [1.165, 1.54) is 5.55 Å². The van der Waals surface area contributed by atoms with Crippen molar-refractivity contribution in [2.75, 3.05) is 0 Å². The fourth-order valence-electron chi connectivity index (χ4n) is 0.610. The Morgan fingerprint density at radius 3 is 2.55 bits per heavy atom. The van der Waals surface area contributed by atoms with Gasteiger partial charge in [-0.2, -0.15) is 4.99 Å². The smallest absolute Gasteiger partial charge is 0.197 e. The summed E-state index contributed by atoms with van der Waals surface area (Å²) in [6.45, 7) is 0. The van der Waals surface area contributed by atoms with E-state index >= 15 is 0 Å². The van der Waals surface area contributed by atoms with Crippen LogP contribution >= 0.6 is 15.9 Å². The number of benzene rings is 1. The second-order valence-electron chi connectivity index (χ2n) is 1.81. The fourth-order valence-corrected chi connectivity index (χ4v) is 1.04. The maximum absolute atomic E-state index is 9.93. The van der Waals surface area contributed by atoms with Gasteiger partial charge in [0.05, 0.1) is 5.69 Å². The Morgan fingerprint density at radius 2 is 2.00 bits per heavy atom. The van der Waals surface area contributed by atoms with Crippen LogP contribution in [0.2, 0.25) is 0 Å². The van der Waals surface area contributed by atoms with Gasteiger partial charge in [-0.25, -0.2) is 0 Å². The van der Waals surface area contributed by atoms with E-state index in [1.807, 2.05) is 24.3 Å². The Hall–Kier alpha value is -0.610. The van der Waals surface area contributed by atoms with Crippen LogP contribution in [0, 0.1) is 0 Å². The molecule has 0 aliphatic rings. The van der Waals surface area contributed by atoms with E-state index in [0.29, 0.717) is 11.7 Å². The van der Waals surface area contributed by atoms with E-state index in [1.54, 1.807) is 0 Å². The monoisotopic (exact) mass is 230 g/mol. The molecule has 1 rings (SSSR count).